The summed E-state index contributed by atoms with van der Waals surface area (Å²) in [6.07, 6.45) is 3.96. The Bertz CT molecular complexity index is 454. The summed E-state index contributed by atoms with van der Waals surface area (Å²) in [5.41, 5.74) is 0. The number of hydrogen-bond acceptors (Lipinski definition) is 6. The molecule has 0 aliphatic rings. The molecule has 0 N–H and O–H groups in total. The predicted molar refractivity (Wildman–Crippen MR) is 82.3 cm³/mol. The summed E-state index contributed by atoms with van der Waals surface area (Å²) >= 11 is -3.28. The minimum atomic E-state index is -3.28. The van der Waals surface area contributed by atoms with Crippen molar-refractivity contribution < 1.29 is 25.0 Å². The van der Waals surface area contributed by atoms with Crippen molar-refractivity contribution in [2.24, 2.45) is 0 Å². The first-order valence-electron chi connectivity index (χ1n) is 6.66. The van der Waals surface area contributed by atoms with Crippen molar-refractivity contribution in [2.75, 3.05) is 0 Å². The molecule has 0 unspecified atom stereocenters. The van der Waals surface area contributed by atoms with Crippen LogP contribution in [0.2, 0.25) is 0 Å². The monoisotopic (exact) mass is 366 g/mol. The van der Waals surface area contributed by atoms with Crippen LogP contribution in [0.25, 0.3) is 0 Å². The van der Waals surface area contributed by atoms with Crippen molar-refractivity contribution in [3.8, 4) is 0 Å². The van der Waals surface area contributed by atoms with E-state index in [4.69, 9.17) is 10.6 Å². The van der Waals surface area contributed by atoms with E-state index in [1.54, 1.807) is 20.8 Å². The Morgan fingerprint density at radius 3 is 1.00 bits per heavy atom. The van der Waals surface area contributed by atoms with E-state index >= 15 is 0 Å². The molecule has 0 aromatic rings. The minimum absolute atomic E-state index is 0.161. The molecule has 7 heteroatoms. The summed E-state index contributed by atoms with van der Waals surface area (Å²) in [5, 5.41) is 0. The molecule has 0 rings (SSSR count). The molecule has 0 aromatic carbocycles. The van der Waals surface area contributed by atoms with Crippen LogP contribution in [0.3, 0.4) is 0 Å². The molecule has 0 bridgehead atoms. The molecule has 0 atom stereocenters. The van der Waals surface area contributed by atoms with Crippen molar-refractivity contribution >= 4 is 34.7 Å². The zero-order valence-electron chi connectivity index (χ0n) is 13.8. The SMILES string of the molecule is CC(=O)/C=C(/C)[O][Ga]([O]/C(C)=C/C(C)=O)[O]/C(C)=C/C(C)=O. The van der Waals surface area contributed by atoms with Gasteiger partial charge in [0.15, 0.2) is 0 Å². The van der Waals surface area contributed by atoms with E-state index in [2.05, 4.69) is 0 Å². The van der Waals surface area contributed by atoms with E-state index in [1.807, 2.05) is 0 Å². The van der Waals surface area contributed by atoms with Gasteiger partial charge in [0.25, 0.3) is 0 Å². The number of carbonyl (C=O) groups is 3. The third-order valence-corrected chi connectivity index (χ3v) is 5.62. The molecule has 120 valence electrons. The average molecular weight is 367 g/mol. The Kier molecular flexibility index (Phi) is 9.28. The van der Waals surface area contributed by atoms with Gasteiger partial charge in [0, 0.05) is 0 Å². The Morgan fingerprint density at radius 1 is 0.591 bits per heavy atom. The molecular formula is C15H21GaO6. The van der Waals surface area contributed by atoms with E-state index in [-0.39, 0.29) is 17.3 Å². The Morgan fingerprint density at radius 2 is 0.818 bits per heavy atom. The van der Waals surface area contributed by atoms with Gasteiger partial charge in [-0.2, -0.15) is 0 Å². The maximum absolute atomic E-state index is 11.0. The van der Waals surface area contributed by atoms with Crippen LogP contribution in [0.15, 0.2) is 35.5 Å². The fourth-order valence-corrected chi connectivity index (χ4v) is 4.13. The molecule has 6 nitrogen and oxygen atoms in total. The van der Waals surface area contributed by atoms with Gasteiger partial charge in [-0.15, -0.1) is 0 Å². The normalized spacial score (nSPS) is 12.5. The van der Waals surface area contributed by atoms with Crippen LogP contribution < -0.4 is 0 Å². The van der Waals surface area contributed by atoms with Gasteiger partial charge in [0.05, 0.1) is 0 Å². The van der Waals surface area contributed by atoms with Gasteiger partial charge in [-0.1, -0.05) is 0 Å². The second kappa shape index (κ2) is 10.1. The quantitative estimate of drug-likeness (QED) is 0.354. The van der Waals surface area contributed by atoms with E-state index in [0.717, 1.165) is 0 Å². The first kappa shape index (κ1) is 20.3. The molecule has 0 aliphatic heterocycles. The summed E-state index contributed by atoms with van der Waals surface area (Å²) in [4.78, 5) is 33.1. The van der Waals surface area contributed by atoms with Crippen molar-refractivity contribution in [2.45, 2.75) is 41.5 Å². The van der Waals surface area contributed by atoms with Gasteiger partial charge in [0.1, 0.15) is 0 Å². The number of rotatable bonds is 9. The van der Waals surface area contributed by atoms with Crippen LogP contribution in [0.4, 0.5) is 0 Å². The number of allylic oxidation sites excluding steroid dienone is 6. The van der Waals surface area contributed by atoms with Crippen molar-refractivity contribution in [3.05, 3.63) is 35.5 Å². The van der Waals surface area contributed by atoms with Gasteiger partial charge in [-0.3, -0.25) is 0 Å². The molecule has 0 aromatic heterocycles. The summed E-state index contributed by atoms with van der Waals surface area (Å²) < 4.78 is 16.6. The molecule has 0 fully saturated rings. The Labute approximate surface area is 137 Å². The topological polar surface area (TPSA) is 78.9 Å². The Hall–Kier alpha value is -1.73. The fourth-order valence-electron chi connectivity index (χ4n) is 1.49. The van der Waals surface area contributed by atoms with Gasteiger partial charge in [-0.25, -0.2) is 0 Å². The van der Waals surface area contributed by atoms with E-state index in [1.165, 1.54) is 39.0 Å². The molecule has 0 amide bonds. The molecule has 0 spiro atoms. The zero-order chi connectivity index (χ0) is 17.3. The third-order valence-electron chi connectivity index (χ3n) is 2.07. The van der Waals surface area contributed by atoms with Crippen LogP contribution in [-0.4, -0.2) is 34.7 Å². The van der Waals surface area contributed by atoms with E-state index in [0.29, 0.717) is 17.3 Å². The number of hydrogen-bond donors (Lipinski definition) is 0. The third kappa shape index (κ3) is 11.0. The molecule has 0 aliphatic carbocycles. The zero-order valence-corrected chi connectivity index (χ0v) is 16.2. The van der Waals surface area contributed by atoms with E-state index in [9.17, 15) is 14.4 Å². The second-order valence-corrected chi connectivity index (χ2v) is 7.43. The summed E-state index contributed by atoms with van der Waals surface area (Å²) in [6.45, 7) is 9.04. The maximum atomic E-state index is 11.0. The summed E-state index contributed by atoms with van der Waals surface area (Å²) in [5.74, 6) is 0.609. The van der Waals surface area contributed by atoms with Crippen LogP contribution in [0.1, 0.15) is 41.5 Å². The fraction of sp³-hybridized carbons (Fsp3) is 0.400. The summed E-state index contributed by atoms with van der Waals surface area (Å²) in [6, 6.07) is 0. The predicted octanol–water partition coefficient (Wildman–Crippen LogP) is 2.50. The van der Waals surface area contributed by atoms with Crippen LogP contribution in [0.5, 0.6) is 0 Å². The Balaban J connectivity index is 5.10. The summed E-state index contributed by atoms with van der Waals surface area (Å²) in [7, 11) is 0. The van der Waals surface area contributed by atoms with Crippen LogP contribution >= 0.6 is 0 Å². The van der Waals surface area contributed by atoms with Crippen molar-refractivity contribution in [1.82, 2.24) is 0 Å². The molecule has 22 heavy (non-hydrogen) atoms. The van der Waals surface area contributed by atoms with Crippen LogP contribution in [-0.2, 0) is 25.0 Å². The first-order valence-corrected chi connectivity index (χ1v) is 9.63. The van der Waals surface area contributed by atoms with E-state index < -0.39 is 17.3 Å². The van der Waals surface area contributed by atoms with Gasteiger partial charge in [-0.05, 0) is 0 Å². The van der Waals surface area contributed by atoms with Crippen molar-refractivity contribution in [3.63, 3.8) is 0 Å². The average Bonchev–Trinajstić information content (AvgIpc) is 2.23. The molecule has 0 saturated carbocycles. The van der Waals surface area contributed by atoms with Gasteiger partial charge >= 0.3 is 137 Å². The second-order valence-electron chi connectivity index (χ2n) is 4.74. The molecular weight excluding hydrogens is 346 g/mol. The van der Waals surface area contributed by atoms with Crippen molar-refractivity contribution in [1.29, 1.82) is 0 Å². The first-order chi connectivity index (χ1) is 10.1. The molecule has 0 radical (unpaired) electrons. The number of carbonyl (C=O) groups excluding carboxylic acids is 3. The molecule has 0 heterocycles. The van der Waals surface area contributed by atoms with Gasteiger partial charge < -0.3 is 0 Å². The standard InChI is InChI=1S/3C5H8O2.Ga/c3*1-4(6)3-5(2)7;/h3*3,6H,1-2H3;/q;;;+3/p-3/b2*4-3+;4-3-;. The molecule has 0 saturated heterocycles. The number of ketones is 3. The van der Waals surface area contributed by atoms with Gasteiger partial charge in [0.2, 0.25) is 0 Å². The van der Waals surface area contributed by atoms with Crippen LogP contribution in [0, 0.1) is 0 Å².